The molecule has 0 aromatic rings. The zero-order valence-corrected chi connectivity index (χ0v) is 12.7. The standard InChI is InChI=1S/C13H22N2O5S/c16-12(10-4-5-11(10)13(17)18)14-6-7-21(19,20)15-8-9-2-1-3-9/h9-11,15H,1-8H2,(H,14,16)(H,17,18). The molecule has 0 aliphatic heterocycles. The van der Waals surface area contributed by atoms with E-state index in [4.69, 9.17) is 5.11 Å². The average molecular weight is 318 g/mol. The van der Waals surface area contributed by atoms with Crippen LogP contribution in [0.4, 0.5) is 0 Å². The Bertz CT molecular complexity index is 501. The second-order valence-electron chi connectivity index (χ2n) is 5.88. The van der Waals surface area contributed by atoms with Gasteiger partial charge >= 0.3 is 5.97 Å². The van der Waals surface area contributed by atoms with E-state index >= 15 is 0 Å². The van der Waals surface area contributed by atoms with Gasteiger partial charge in [0.05, 0.1) is 17.6 Å². The molecule has 2 atom stereocenters. The smallest absolute Gasteiger partial charge is 0.307 e. The number of aliphatic carboxylic acids is 1. The third-order valence-corrected chi connectivity index (χ3v) is 5.76. The molecular weight excluding hydrogens is 296 g/mol. The second-order valence-corrected chi connectivity index (χ2v) is 7.81. The van der Waals surface area contributed by atoms with Crippen LogP contribution in [0.25, 0.3) is 0 Å². The Morgan fingerprint density at radius 1 is 1.10 bits per heavy atom. The molecule has 0 bridgehead atoms. The summed E-state index contributed by atoms with van der Waals surface area (Å²) in [5.74, 6) is -2.19. The lowest BCUT2D eigenvalue weighted by Gasteiger charge is -2.31. The van der Waals surface area contributed by atoms with Crippen LogP contribution < -0.4 is 10.0 Å². The molecule has 8 heteroatoms. The molecule has 0 radical (unpaired) electrons. The molecular formula is C13H22N2O5S. The Hall–Kier alpha value is -1.15. The van der Waals surface area contributed by atoms with Crippen molar-refractivity contribution in [2.45, 2.75) is 32.1 Å². The minimum atomic E-state index is -3.37. The number of carboxylic acid groups (broad SMARTS) is 1. The van der Waals surface area contributed by atoms with Crippen molar-refractivity contribution in [2.75, 3.05) is 18.8 Å². The molecule has 7 nitrogen and oxygen atoms in total. The molecule has 3 N–H and O–H groups in total. The Morgan fingerprint density at radius 3 is 2.24 bits per heavy atom. The Morgan fingerprint density at radius 2 is 1.76 bits per heavy atom. The van der Waals surface area contributed by atoms with E-state index in [0.29, 0.717) is 25.3 Å². The molecule has 0 aromatic heterocycles. The topological polar surface area (TPSA) is 113 Å². The van der Waals surface area contributed by atoms with E-state index in [0.717, 1.165) is 19.3 Å². The molecule has 2 saturated carbocycles. The summed E-state index contributed by atoms with van der Waals surface area (Å²) in [5, 5.41) is 11.4. The number of hydrogen-bond acceptors (Lipinski definition) is 4. The zero-order chi connectivity index (χ0) is 15.5. The van der Waals surface area contributed by atoms with Crippen molar-refractivity contribution in [1.29, 1.82) is 0 Å². The van der Waals surface area contributed by atoms with Crippen LogP contribution in [0, 0.1) is 17.8 Å². The Balaban J connectivity index is 1.65. The number of carbonyl (C=O) groups excluding carboxylic acids is 1. The van der Waals surface area contributed by atoms with Crippen molar-refractivity contribution < 1.29 is 23.1 Å². The molecule has 2 aliphatic rings. The van der Waals surface area contributed by atoms with Crippen LogP contribution in [0.5, 0.6) is 0 Å². The largest absolute Gasteiger partial charge is 0.481 e. The van der Waals surface area contributed by atoms with E-state index in [1.54, 1.807) is 0 Å². The van der Waals surface area contributed by atoms with E-state index in [1.165, 1.54) is 0 Å². The van der Waals surface area contributed by atoms with Crippen molar-refractivity contribution in [3.8, 4) is 0 Å². The van der Waals surface area contributed by atoms with Gasteiger partial charge in [0.25, 0.3) is 0 Å². The van der Waals surface area contributed by atoms with Gasteiger partial charge in [0.15, 0.2) is 0 Å². The summed E-state index contributed by atoms with van der Waals surface area (Å²) in [4.78, 5) is 22.6. The fourth-order valence-electron chi connectivity index (χ4n) is 2.56. The van der Waals surface area contributed by atoms with Gasteiger partial charge in [-0.05, 0) is 31.6 Å². The number of hydrogen-bond donors (Lipinski definition) is 3. The third kappa shape index (κ3) is 4.41. The molecule has 120 valence electrons. The van der Waals surface area contributed by atoms with Crippen molar-refractivity contribution in [1.82, 2.24) is 10.0 Å². The maximum atomic E-state index is 11.8. The Labute approximate surface area is 124 Å². The van der Waals surface area contributed by atoms with Crippen LogP contribution in [0.15, 0.2) is 0 Å². The number of amides is 1. The summed E-state index contributed by atoms with van der Waals surface area (Å²) in [5.41, 5.74) is 0. The normalized spacial score (nSPS) is 25.7. The molecule has 2 unspecified atom stereocenters. The molecule has 0 spiro atoms. The maximum Gasteiger partial charge on any atom is 0.307 e. The van der Waals surface area contributed by atoms with Gasteiger partial charge in [-0.2, -0.15) is 0 Å². The van der Waals surface area contributed by atoms with E-state index in [9.17, 15) is 18.0 Å². The van der Waals surface area contributed by atoms with Crippen LogP contribution in [-0.4, -0.2) is 44.2 Å². The summed E-state index contributed by atoms with van der Waals surface area (Å²) in [7, 11) is -3.37. The molecule has 2 rings (SSSR count). The van der Waals surface area contributed by atoms with Crippen molar-refractivity contribution in [2.24, 2.45) is 17.8 Å². The minimum absolute atomic E-state index is 0.0155. The van der Waals surface area contributed by atoms with Gasteiger partial charge < -0.3 is 10.4 Å². The molecule has 1 amide bonds. The van der Waals surface area contributed by atoms with Crippen molar-refractivity contribution >= 4 is 21.9 Å². The van der Waals surface area contributed by atoms with E-state index in [2.05, 4.69) is 10.0 Å². The van der Waals surface area contributed by atoms with Gasteiger partial charge in [-0.25, -0.2) is 13.1 Å². The van der Waals surface area contributed by atoms with E-state index in [-0.39, 0.29) is 18.2 Å². The lowest BCUT2D eigenvalue weighted by Crippen LogP contribution is -2.45. The number of rotatable bonds is 8. The number of carboxylic acids is 1. The van der Waals surface area contributed by atoms with Gasteiger partial charge in [-0.1, -0.05) is 6.42 Å². The number of nitrogens with one attached hydrogen (secondary N) is 2. The van der Waals surface area contributed by atoms with Crippen LogP contribution in [-0.2, 0) is 19.6 Å². The molecule has 0 saturated heterocycles. The fraction of sp³-hybridized carbons (Fsp3) is 0.846. The summed E-state index contributed by atoms with van der Waals surface area (Å²) in [6.07, 6.45) is 4.35. The van der Waals surface area contributed by atoms with Crippen molar-refractivity contribution in [3.05, 3.63) is 0 Å². The van der Waals surface area contributed by atoms with Crippen LogP contribution in [0.3, 0.4) is 0 Å². The van der Waals surface area contributed by atoms with Crippen LogP contribution in [0.1, 0.15) is 32.1 Å². The molecule has 0 aromatic carbocycles. The third-order valence-electron chi connectivity index (χ3n) is 4.42. The minimum Gasteiger partial charge on any atom is -0.481 e. The quantitative estimate of drug-likeness (QED) is 0.580. The first kappa shape index (κ1) is 16.2. The average Bonchev–Trinajstić information content (AvgIpc) is 2.23. The number of carbonyl (C=O) groups is 2. The Kier molecular flexibility index (Phi) is 5.21. The highest BCUT2D eigenvalue weighted by molar-refractivity contribution is 7.89. The molecule has 2 fully saturated rings. The van der Waals surface area contributed by atoms with Gasteiger partial charge in [0, 0.05) is 13.1 Å². The van der Waals surface area contributed by atoms with Crippen LogP contribution in [0.2, 0.25) is 0 Å². The van der Waals surface area contributed by atoms with Crippen LogP contribution >= 0.6 is 0 Å². The zero-order valence-electron chi connectivity index (χ0n) is 11.9. The monoisotopic (exact) mass is 318 g/mol. The first-order chi connectivity index (χ1) is 9.89. The molecule has 0 heterocycles. The first-order valence-corrected chi connectivity index (χ1v) is 9.02. The predicted octanol–water partition coefficient (Wildman–Crippen LogP) is -0.0671. The summed E-state index contributed by atoms with van der Waals surface area (Å²) >= 11 is 0. The highest BCUT2D eigenvalue weighted by Gasteiger charge is 2.41. The first-order valence-electron chi connectivity index (χ1n) is 7.37. The summed E-state index contributed by atoms with van der Waals surface area (Å²) in [6, 6.07) is 0. The van der Waals surface area contributed by atoms with Gasteiger partial charge in [-0.3, -0.25) is 9.59 Å². The highest BCUT2D eigenvalue weighted by Crippen LogP contribution is 2.34. The lowest BCUT2D eigenvalue weighted by molar-refractivity contribution is -0.152. The van der Waals surface area contributed by atoms with Gasteiger partial charge in [0.1, 0.15) is 0 Å². The van der Waals surface area contributed by atoms with Crippen molar-refractivity contribution in [3.63, 3.8) is 0 Å². The summed E-state index contributed by atoms with van der Waals surface area (Å²) in [6.45, 7) is 0.488. The number of sulfonamides is 1. The van der Waals surface area contributed by atoms with E-state index < -0.39 is 27.8 Å². The molecule has 2 aliphatic carbocycles. The predicted molar refractivity (Wildman–Crippen MR) is 76.0 cm³/mol. The fourth-order valence-corrected chi connectivity index (χ4v) is 3.57. The van der Waals surface area contributed by atoms with E-state index in [1.807, 2.05) is 0 Å². The molecule has 21 heavy (non-hydrogen) atoms. The lowest BCUT2D eigenvalue weighted by atomic mass is 9.73. The SMILES string of the molecule is O=C(O)C1CCC1C(=O)NCCS(=O)(=O)NCC1CCC1. The summed E-state index contributed by atoms with van der Waals surface area (Å²) < 4.78 is 26.0. The maximum absolute atomic E-state index is 11.8. The highest BCUT2D eigenvalue weighted by atomic mass is 32.2. The second kappa shape index (κ2) is 6.74. The van der Waals surface area contributed by atoms with Gasteiger partial charge in [0.2, 0.25) is 15.9 Å². The van der Waals surface area contributed by atoms with Gasteiger partial charge in [-0.15, -0.1) is 0 Å².